The topological polar surface area (TPSA) is 55.2 Å². The third-order valence-electron chi connectivity index (χ3n) is 3.14. The second kappa shape index (κ2) is 5.80. The summed E-state index contributed by atoms with van der Waals surface area (Å²) >= 11 is 3.25. The summed E-state index contributed by atoms with van der Waals surface area (Å²) in [6.45, 7) is 9.01. The van der Waals surface area contributed by atoms with Crippen LogP contribution in [0.25, 0.3) is 0 Å². The minimum atomic E-state index is -0.344. The molecule has 1 atom stereocenters. The first kappa shape index (κ1) is 15.1. The Morgan fingerprint density at radius 3 is 2.56 bits per heavy atom. The molecule has 1 unspecified atom stereocenters. The Labute approximate surface area is 116 Å². The summed E-state index contributed by atoms with van der Waals surface area (Å²) in [5, 5.41) is 14.3. The van der Waals surface area contributed by atoms with E-state index in [1.807, 2.05) is 6.07 Å². The molecule has 18 heavy (non-hydrogen) atoms. The van der Waals surface area contributed by atoms with Gasteiger partial charge in [0.15, 0.2) is 0 Å². The van der Waals surface area contributed by atoms with Gasteiger partial charge in [-0.05, 0) is 24.5 Å². The lowest BCUT2D eigenvalue weighted by Gasteiger charge is -2.28. The quantitative estimate of drug-likeness (QED) is 0.677. The maximum Gasteiger partial charge on any atom is 0.275 e. The van der Waals surface area contributed by atoms with Gasteiger partial charge in [0, 0.05) is 28.7 Å². The van der Waals surface area contributed by atoms with Crippen molar-refractivity contribution in [2.75, 3.05) is 0 Å². The average Bonchev–Trinajstić information content (AvgIpc) is 2.25. The van der Waals surface area contributed by atoms with Crippen LogP contribution in [0.2, 0.25) is 0 Å². The zero-order valence-electron chi connectivity index (χ0n) is 11.2. The second-order valence-electron chi connectivity index (χ2n) is 5.50. The van der Waals surface area contributed by atoms with Crippen molar-refractivity contribution < 1.29 is 4.92 Å². The Morgan fingerprint density at radius 2 is 2.06 bits per heavy atom. The largest absolute Gasteiger partial charge is 0.309 e. The molecule has 0 bridgehead atoms. The van der Waals surface area contributed by atoms with E-state index in [2.05, 4.69) is 48.9 Å². The fraction of sp³-hybridized carbons (Fsp3) is 0.538. The molecule has 0 heterocycles. The number of nitro groups is 1. The molecule has 1 aromatic rings. The maximum atomic E-state index is 11.0. The number of nitrogens with one attached hydrogen (secondary N) is 1. The maximum absolute atomic E-state index is 11.0. The number of nitrogens with zero attached hydrogens (tertiary/aromatic N) is 1. The summed E-state index contributed by atoms with van der Waals surface area (Å²) in [4.78, 5) is 10.6. The molecule has 1 aromatic carbocycles. The standard InChI is InChI=1S/C13H19BrN2O2/c1-9(13(2,3)4)15-8-10-5-6-11(14)7-12(10)16(17)18/h5-7,9,15H,8H2,1-4H3. The highest BCUT2D eigenvalue weighted by molar-refractivity contribution is 9.10. The Bertz CT molecular complexity index is 441. The zero-order chi connectivity index (χ0) is 13.9. The zero-order valence-corrected chi connectivity index (χ0v) is 12.7. The predicted molar refractivity (Wildman–Crippen MR) is 76.6 cm³/mol. The van der Waals surface area contributed by atoms with Crippen molar-refractivity contribution in [3.63, 3.8) is 0 Å². The minimum Gasteiger partial charge on any atom is -0.309 e. The highest BCUT2D eigenvalue weighted by atomic mass is 79.9. The van der Waals surface area contributed by atoms with Gasteiger partial charge >= 0.3 is 0 Å². The molecule has 0 spiro atoms. The van der Waals surface area contributed by atoms with E-state index in [1.165, 1.54) is 0 Å². The smallest absolute Gasteiger partial charge is 0.275 e. The van der Waals surface area contributed by atoms with Crippen LogP contribution in [0.15, 0.2) is 22.7 Å². The Hall–Kier alpha value is -0.940. The molecule has 0 aliphatic carbocycles. The molecule has 1 rings (SSSR count). The average molecular weight is 315 g/mol. The van der Waals surface area contributed by atoms with Crippen LogP contribution in [0.5, 0.6) is 0 Å². The van der Waals surface area contributed by atoms with Crippen molar-refractivity contribution in [2.45, 2.75) is 40.3 Å². The summed E-state index contributed by atoms with van der Waals surface area (Å²) in [6, 6.07) is 5.43. The Kier molecular flexibility index (Phi) is 4.87. The van der Waals surface area contributed by atoms with E-state index in [0.29, 0.717) is 12.1 Å². The molecule has 0 aliphatic heterocycles. The molecule has 5 heteroatoms. The van der Waals surface area contributed by atoms with Gasteiger partial charge in [-0.15, -0.1) is 0 Å². The Balaban J connectivity index is 2.82. The third-order valence-corrected chi connectivity index (χ3v) is 3.64. The van der Waals surface area contributed by atoms with E-state index in [-0.39, 0.29) is 22.1 Å². The van der Waals surface area contributed by atoms with E-state index in [1.54, 1.807) is 12.1 Å². The fourth-order valence-corrected chi connectivity index (χ4v) is 1.77. The van der Waals surface area contributed by atoms with Crippen LogP contribution in [0.1, 0.15) is 33.3 Å². The molecule has 0 radical (unpaired) electrons. The minimum absolute atomic E-state index is 0.129. The van der Waals surface area contributed by atoms with Gasteiger partial charge in [0.05, 0.1) is 4.92 Å². The Morgan fingerprint density at radius 1 is 1.44 bits per heavy atom. The first-order chi connectivity index (χ1) is 8.21. The van der Waals surface area contributed by atoms with Crippen LogP contribution in [-0.4, -0.2) is 11.0 Å². The lowest BCUT2D eigenvalue weighted by Crippen LogP contribution is -2.37. The van der Waals surface area contributed by atoms with Crippen LogP contribution in [0.4, 0.5) is 5.69 Å². The van der Waals surface area contributed by atoms with Gasteiger partial charge in [-0.3, -0.25) is 10.1 Å². The van der Waals surface area contributed by atoms with Gasteiger partial charge in [-0.2, -0.15) is 0 Å². The number of nitro benzene ring substituents is 1. The van der Waals surface area contributed by atoms with Crippen LogP contribution in [0.3, 0.4) is 0 Å². The van der Waals surface area contributed by atoms with E-state index in [9.17, 15) is 10.1 Å². The van der Waals surface area contributed by atoms with Crippen molar-refractivity contribution in [3.8, 4) is 0 Å². The molecule has 0 fully saturated rings. The number of rotatable bonds is 4. The highest BCUT2D eigenvalue weighted by Crippen LogP contribution is 2.24. The van der Waals surface area contributed by atoms with E-state index in [4.69, 9.17) is 0 Å². The number of hydrogen-bond acceptors (Lipinski definition) is 3. The van der Waals surface area contributed by atoms with Crippen molar-refractivity contribution in [1.29, 1.82) is 0 Å². The molecular formula is C13H19BrN2O2. The molecule has 1 N–H and O–H groups in total. The number of benzene rings is 1. The van der Waals surface area contributed by atoms with Gasteiger partial charge in [0.1, 0.15) is 0 Å². The fourth-order valence-electron chi connectivity index (χ4n) is 1.43. The molecule has 100 valence electrons. The van der Waals surface area contributed by atoms with Crippen molar-refractivity contribution >= 4 is 21.6 Å². The summed E-state index contributed by atoms with van der Waals surface area (Å²) < 4.78 is 0.724. The van der Waals surface area contributed by atoms with Gasteiger partial charge in [0.25, 0.3) is 5.69 Å². The van der Waals surface area contributed by atoms with Crippen molar-refractivity contribution in [2.24, 2.45) is 5.41 Å². The second-order valence-corrected chi connectivity index (χ2v) is 6.41. The van der Waals surface area contributed by atoms with E-state index < -0.39 is 0 Å². The molecule has 0 saturated heterocycles. The molecule has 0 aromatic heterocycles. The summed E-state index contributed by atoms with van der Waals surface area (Å²) in [5.41, 5.74) is 0.988. The van der Waals surface area contributed by atoms with Crippen LogP contribution < -0.4 is 5.32 Å². The van der Waals surface area contributed by atoms with E-state index in [0.717, 1.165) is 4.47 Å². The molecule has 0 saturated carbocycles. The van der Waals surface area contributed by atoms with Gasteiger partial charge < -0.3 is 5.32 Å². The summed E-state index contributed by atoms with van der Waals surface area (Å²) in [7, 11) is 0. The predicted octanol–water partition coefficient (Wildman–Crippen LogP) is 3.88. The van der Waals surface area contributed by atoms with E-state index >= 15 is 0 Å². The van der Waals surface area contributed by atoms with Crippen molar-refractivity contribution in [3.05, 3.63) is 38.3 Å². The third kappa shape index (κ3) is 4.07. The van der Waals surface area contributed by atoms with Gasteiger partial charge in [-0.25, -0.2) is 0 Å². The molecule has 0 amide bonds. The van der Waals surface area contributed by atoms with Crippen LogP contribution in [-0.2, 0) is 6.54 Å². The normalized spacial score (nSPS) is 13.4. The lowest BCUT2D eigenvalue weighted by molar-refractivity contribution is -0.385. The first-order valence-corrected chi connectivity index (χ1v) is 6.67. The first-order valence-electron chi connectivity index (χ1n) is 5.88. The van der Waals surface area contributed by atoms with Crippen LogP contribution >= 0.6 is 15.9 Å². The highest BCUT2D eigenvalue weighted by Gasteiger charge is 2.21. The lowest BCUT2D eigenvalue weighted by atomic mass is 9.88. The molecule has 0 aliphatic rings. The van der Waals surface area contributed by atoms with Gasteiger partial charge in [-0.1, -0.05) is 36.7 Å². The SMILES string of the molecule is CC(NCc1ccc(Br)cc1[N+](=O)[O-])C(C)(C)C. The summed E-state index contributed by atoms with van der Waals surface area (Å²) in [5.74, 6) is 0. The van der Waals surface area contributed by atoms with Crippen molar-refractivity contribution in [1.82, 2.24) is 5.32 Å². The number of hydrogen-bond donors (Lipinski definition) is 1. The number of halogens is 1. The van der Waals surface area contributed by atoms with Gasteiger partial charge in [0.2, 0.25) is 0 Å². The molecule has 4 nitrogen and oxygen atoms in total. The summed E-state index contributed by atoms with van der Waals surface area (Å²) in [6.07, 6.45) is 0. The van der Waals surface area contributed by atoms with Crippen LogP contribution in [0, 0.1) is 15.5 Å². The monoisotopic (exact) mass is 314 g/mol. The molecular weight excluding hydrogens is 296 g/mol.